The summed E-state index contributed by atoms with van der Waals surface area (Å²) in [7, 11) is -2.33. The molecule has 0 heterocycles. The molecule has 0 unspecified atom stereocenters. The van der Waals surface area contributed by atoms with Gasteiger partial charge in [-0.1, -0.05) is 37.6 Å². The van der Waals surface area contributed by atoms with E-state index < -0.39 is 28.5 Å². The molecule has 28 heavy (non-hydrogen) atoms. The average Bonchev–Trinajstić information content (AvgIpc) is 2.71. The number of carbonyl (C=O) groups is 2. The fraction of sp³-hybridized carbons (Fsp3) is 0.300. The lowest BCUT2D eigenvalue weighted by atomic mass is 10.2. The van der Waals surface area contributed by atoms with Crippen molar-refractivity contribution in [3.8, 4) is 0 Å². The van der Waals surface area contributed by atoms with Crippen LogP contribution in [0.2, 0.25) is 0 Å². The monoisotopic (exact) mass is 404 g/mol. The normalized spacial score (nSPS) is 10.9. The highest BCUT2D eigenvalue weighted by molar-refractivity contribution is 7.92. The molecule has 0 atom stereocenters. The van der Waals surface area contributed by atoms with Crippen molar-refractivity contribution in [1.29, 1.82) is 0 Å². The molecule has 0 bridgehead atoms. The summed E-state index contributed by atoms with van der Waals surface area (Å²) in [6, 6.07) is 14.6. The van der Waals surface area contributed by atoms with Gasteiger partial charge in [-0.3, -0.25) is 13.9 Å². The van der Waals surface area contributed by atoms with E-state index in [2.05, 4.69) is 5.32 Å². The standard InChI is InChI=1S/C20H24N2O5S/c1-3-4-13-20(24)27-15-19(23)21-16-9-8-12-18(14-16)28(25,26)22(2)17-10-6-5-7-11-17/h5-12,14H,3-4,13,15H2,1-2H3,(H,21,23). The van der Waals surface area contributed by atoms with Gasteiger partial charge in [0.05, 0.1) is 10.6 Å². The molecule has 1 N–H and O–H groups in total. The lowest BCUT2D eigenvalue weighted by Crippen LogP contribution is -2.26. The third-order valence-corrected chi connectivity index (χ3v) is 5.78. The number of benzene rings is 2. The molecule has 2 aromatic rings. The highest BCUT2D eigenvalue weighted by Crippen LogP contribution is 2.23. The van der Waals surface area contributed by atoms with Crippen LogP contribution in [-0.2, 0) is 24.3 Å². The number of hydrogen-bond acceptors (Lipinski definition) is 5. The second kappa shape index (κ2) is 9.89. The molecule has 0 fully saturated rings. The van der Waals surface area contributed by atoms with Gasteiger partial charge in [0.15, 0.2) is 6.61 Å². The Balaban J connectivity index is 2.05. The van der Waals surface area contributed by atoms with Crippen molar-refractivity contribution in [3.05, 3.63) is 54.6 Å². The Morgan fingerprint density at radius 3 is 2.46 bits per heavy atom. The van der Waals surface area contributed by atoms with Crippen LogP contribution >= 0.6 is 0 Å². The average molecular weight is 404 g/mol. The number of hydrogen-bond donors (Lipinski definition) is 1. The van der Waals surface area contributed by atoms with Gasteiger partial charge >= 0.3 is 5.97 Å². The van der Waals surface area contributed by atoms with Gasteiger partial charge in [-0.15, -0.1) is 0 Å². The van der Waals surface area contributed by atoms with Gasteiger partial charge in [0, 0.05) is 19.2 Å². The van der Waals surface area contributed by atoms with Gasteiger partial charge in [0.1, 0.15) is 0 Å². The quantitative estimate of drug-likeness (QED) is 0.648. The maximum absolute atomic E-state index is 12.8. The molecular formula is C20H24N2O5S. The molecule has 0 aliphatic carbocycles. The molecule has 0 aliphatic heterocycles. The van der Waals surface area contributed by atoms with Gasteiger partial charge in [-0.25, -0.2) is 8.42 Å². The fourth-order valence-corrected chi connectivity index (χ4v) is 3.65. The second-order valence-corrected chi connectivity index (χ2v) is 8.12. The first-order valence-corrected chi connectivity index (χ1v) is 10.4. The zero-order valence-electron chi connectivity index (χ0n) is 15.9. The maximum Gasteiger partial charge on any atom is 0.306 e. The number of nitrogens with one attached hydrogen (secondary N) is 1. The largest absolute Gasteiger partial charge is 0.456 e. The summed E-state index contributed by atoms with van der Waals surface area (Å²) >= 11 is 0. The number of carbonyl (C=O) groups excluding carboxylic acids is 2. The summed E-state index contributed by atoms with van der Waals surface area (Å²) in [6.45, 7) is 1.54. The van der Waals surface area contributed by atoms with Gasteiger partial charge in [0.2, 0.25) is 0 Å². The van der Waals surface area contributed by atoms with Crippen molar-refractivity contribution in [2.75, 3.05) is 23.3 Å². The minimum Gasteiger partial charge on any atom is -0.456 e. The summed E-state index contributed by atoms with van der Waals surface area (Å²) < 4.78 is 31.7. The number of unbranched alkanes of at least 4 members (excludes halogenated alkanes) is 1. The Bertz CT molecular complexity index is 913. The number of nitrogens with zero attached hydrogens (tertiary/aromatic N) is 1. The van der Waals surface area contributed by atoms with E-state index in [0.29, 0.717) is 17.8 Å². The van der Waals surface area contributed by atoms with E-state index in [1.807, 2.05) is 6.92 Å². The Hall–Kier alpha value is -2.87. The molecule has 0 radical (unpaired) electrons. The number of para-hydroxylation sites is 1. The van der Waals surface area contributed by atoms with Crippen molar-refractivity contribution in [3.63, 3.8) is 0 Å². The molecule has 7 nitrogen and oxygen atoms in total. The van der Waals surface area contributed by atoms with Crippen LogP contribution in [0, 0.1) is 0 Å². The topological polar surface area (TPSA) is 92.8 Å². The van der Waals surface area contributed by atoms with Gasteiger partial charge < -0.3 is 10.1 Å². The molecule has 8 heteroatoms. The summed E-state index contributed by atoms with van der Waals surface area (Å²) in [5.41, 5.74) is 0.827. The minimum absolute atomic E-state index is 0.0385. The number of esters is 1. The van der Waals surface area contributed by atoms with Crippen LogP contribution in [0.1, 0.15) is 26.2 Å². The van der Waals surface area contributed by atoms with E-state index in [4.69, 9.17) is 4.74 Å². The summed E-state index contributed by atoms with van der Waals surface area (Å²) in [4.78, 5) is 23.5. The number of rotatable bonds is 9. The van der Waals surface area contributed by atoms with Crippen LogP contribution in [0.25, 0.3) is 0 Å². The number of sulfonamides is 1. The van der Waals surface area contributed by atoms with Crippen LogP contribution in [0.15, 0.2) is 59.5 Å². The molecule has 0 aromatic heterocycles. The number of ether oxygens (including phenoxy) is 1. The Morgan fingerprint density at radius 2 is 1.79 bits per heavy atom. The zero-order chi connectivity index (χ0) is 20.6. The maximum atomic E-state index is 12.8. The molecule has 0 aliphatic rings. The van der Waals surface area contributed by atoms with Crippen LogP contribution in [0.4, 0.5) is 11.4 Å². The lowest BCUT2D eigenvalue weighted by Gasteiger charge is -2.19. The van der Waals surface area contributed by atoms with Crippen molar-refractivity contribution in [1.82, 2.24) is 0 Å². The third kappa shape index (κ3) is 5.82. The Labute approximate surface area is 165 Å². The van der Waals surface area contributed by atoms with Gasteiger partial charge in [-0.2, -0.15) is 0 Å². The zero-order valence-corrected chi connectivity index (χ0v) is 16.7. The Kier molecular flexibility index (Phi) is 7.57. The highest BCUT2D eigenvalue weighted by Gasteiger charge is 2.21. The smallest absolute Gasteiger partial charge is 0.306 e. The molecular weight excluding hydrogens is 380 g/mol. The van der Waals surface area contributed by atoms with E-state index in [0.717, 1.165) is 6.42 Å². The van der Waals surface area contributed by atoms with Crippen molar-refractivity contribution in [2.45, 2.75) is 31.1 Å². The summed E-state index contributed by atoms with van der Waals surface area (Å²) in [6.07, 6.45) is 1.83. The van der Waals surface area contributed by atoms with E-state index in [1.165, 1.54) is 29.6 Å². The molecule has 1 amide bonds. The first-order chi connectivity index (χ1) is 13.3. The molecule has 2 rings (SSSR count). The molecule has 150 valence electrons. The predicted octanol–water partition coefficient (Wildman–Crippen LogP) is 3.18. The SMILES string of the molecule is CCCCC(=O)OCC(=O)Nc1cccc(S(=O)(=O)N(C)c2ccccc2)c1. The first kappa shape index (κ1) is 21.4. The Morgan fingerprint density at radius 1 is 1.07 bits per heavy atom. The van der Waals surface area contributed by atoms with Crippen LogP contribution in [0.5, 0.6) is 0 Å². The van der Waals surface area contributed by atoms with Gasteiger partial charge in [0.25, 0.3) is 15.9 Å². The molecule has 0 saturated heterocycles. The fourth-order valence-electron chi connectivity index (χ4n) is 2.41. The molecule has 0 spiro atoms. The molecule has 0 saturated carbocycles. The lowest BCUT2D eigenvalue weighted by molar-refractivity contribution is -0.147. The number of amides is 1. The highest BCUT2D eigenvalue weighted by atomic mass is 32.2. The minimum atomic E-state index is -3.79. The van der Waals surface area contributed by atoms with E-state index in [1.54, 1.807) is 36.4 Å². The van der Waals surface area contributed by atoms with Crippen molar-refractivity contribution < 1.29 is 22.7 Å². The summed E-state index contributed by atoms with van der Waals surface area (Å²) in [5.74, 6) is -0.964. The van der Waals surface area contributed by atoms with Crippen LogP contribution < -0.4 is 9.62 Å². The number of anilines is 2. The van der Waals surface area contributed by atoms with E-state index in [9.17, 15) is 18.0 Å². The van der Waals surface area contributed by atoms with Crippen LogP contribution in [0.3, 0.4) is 0 Å². The second-order valence-electron chi connectivity index (χ2n) is 6.15. The van der Waals surface area contributed by atoms with Crippen molar-refractivity contribution >= 4 is 33.3 Å². The van der Waals surface area contributed by atoms with Crippen LogP contribution in [-0.4, -0.2) is 33.9 Å². The molecule has 2 aromatic carbocycles. The summed E-state index contributed by atoms with van der Waals surface area (Å²) in [5, 5.41) is 2.55. The van der Waals surface area contributed by atoms with E-state index >= 15 is 0 Å². The van der Waals surface area contributed by atoms with Crippen molar-refractivity contribution in [2.24, 2.45) is 0 Å². The first-order valence-electron chi connectivity index (χ1n) is 8.94. The predicted molar refractivity (Wildman–Crippen MR) is 108 cm³/mol. The third-order valence-electron chi connectivity index (χ3n) is 3.99. The van der Waals surface area contributed by atoms with Gasteiger partial charge in [-0.05, 0) is 36.8 Å². The van der Waals surface area contributed by atoms with E-state index in [-0.39, 0.29) is 11.3 Å².